The summed E-state index contributed by atoms with van der Waals surface area (Å²) < 4.78 is 0. The Kier molecular flexibility index (Phi) is 6.48. The van der Waals surface area contributed by atoms with Gasteiger partial charge in [-0.15, -0.1) is 0 Å². The molecule has 0 aromatic carbocycles. The fourth-order valence-electron chi connectivity index (χ4n) is 4.12. The van der Waals surface area contributed by atoms with E-state index in [-0.39, 0.29) is 5.54 Å². The van der Waals surface area contributed by atoms with Crippen LogP contribution in [0.15, 0.2) is 0 Å². The van der Waals surface area contributed by atoms with E-state index in [9.17, 15) is 0 Å². The minimum atomic E-state index is 0.243. The lowest BCUT2D eigenvalue weighted by molar-refractivity contribution is 0.0729. The van der Waals surface area contributed by atoms with Crippen LogP contribution in [0.3, 0.4) is 0 Å². The van der Waals surface area contributed by atoms with Gasteiger partial charge in [-0.1, -0.05) is 6.92 Å². The highest BCUT2D eigenvalue weighted by Gasteiger charge is 2.36. The number of piperidine rings is 1. The smallest absolute Gasteiger partial charge is 0.0341 e. The number of rotatable bonds is 5. The maximum Gasteiger partial charge on any atom is 0.0341 e. The fraction of sp³-hybridized carbons (Fsp3) is 1.00. The minimum absolute atomic E-state index is 0.243. The van der Waals surface area contributed by atoms with Crippen molar-refractivity contribution in [3.63, 3.8) is 0 Å². The average Bonchev–Trinajstić information content (AvgIpc) is 2.72. The van der Waals surface area contributed by atoms with Crippen LogP contribution in [0, 0.1) is 5.92 Å². The number of likely N-dealkylation sites (tertiary alicyclic amines) is 2. The summed E-state index contributed by atoms with van der Waals surface area (Å²) in [6.07, 6.45) is 6.50. The van der Waals surface area contributed by atoms with Crippen molar-refractivity contribution in [2.75, 3.05) is 59.9 Å². The van der Waals surface area contributed by atoms with E-state index in [1.165, 1.54) is 71.4 Å². The van der Waals surface area contributed by atoms with Crippen LogP contribution in [-0.4, -0.2) is 80.1 Å². The predicted molar refractivity (Wildman–Crippen MR) is 90.6 cm³/mol. The second kappa shape index (κ2) is 7.91. The summed E-state index contributed by atoms with van der Waals surface area (Å²) in [4.78, 5) is 7.67. The lowest BCUT2D eigenvalue weighted by Gasteiger charge is -2.43. The molecule has 1 unspecified atom stereocenters. The molecule has 2 aliphatic heterocycles. The van der Waals surface area contributed by atoms with Crippen molar-refractivity contribution >= 4 is 0 Å². The summed E-state index contributed by atoms with van der Waals surface area (Å²) in [5, 5.41) is 0. The molecule has 1 atom stereocenters. The molecule has 0 radical (unpaired) electrons. The molecular weight excluding hydrogens is 260 g/mol. The Balaban J connectivity index is 1.92. The highest BCUT2D eigenvalue weighted by Crippen LogP contribution is 2.29. The van der Waals surface area contributed by atoms with Gasteiger partial charge in [0.25, 0.3) is 0 Å². The van der Waals surface area contributed by atoms with Crippen LogP contribution in [0.1, 0.15) is 39.0 Å². The first-order valence-corrected chi connectivity index (χ1v) is 8.92. The Morgan fingerprint density at radius 1 is 1.14 bits per heavy atom. The molecule has 2 saturated heterocycles. The molecule has 2 N–H and O–H groups in total. The van der Waals surface area contributed by atoms with E-state index in [1.54, 1.807) is 0 Å². The monoisotopic (exact) mass is 296 g/mol. The normalized spacial score (nSPS) is 30.7. The van der Waals surface area contributed by atoms with Gasteiger partial charge in [0.1, 0.15) is 0 Å². The van der Waals surface area contributed by atoms with Crippen molar-refractivity contribution < 1.29 is 0 Å². The molecule has 0 aromatic rings. The summed E-state index contributed by atoms with van der Waals surface area (Å²) in [6, 6.07) is 0. The lowest BCUT2D eigenvalue weighted by atomic mass is 9.86. The summed E-state index contributed by atoms with van der Waals surface area (Å²) in [7, 11) is 4.57. The summed E-state index contributed by atoms with van der Waals surface area (Å²) in [5.41, 5.74) is 6.50. The number of likely N-dealkylation sites (N-methyl/N-ethyl adjacent to an activating group) is 1. The molecule has 0 aliphatic carbocycles. The number of hydrogen-bond acceptors (Lipinski definition) is 4. The first-order chi connectivity index (χ1) is 10.1. The van der Waals surface area contributed by atoms with Gasteiger partial charge in [-0.05, 0) is 84.8 Å². The van der Waals surface area contributed by atoms with Crippen LogP contribution in [0.25, 0.3) is 0 Å². The molecule has 0 amide bonds. The van der Waals surface area contributed by atoms with Crippen molar-refractivity contribution in [3.05, 3.63) is 0 Å². The van der Waals surface area contributed by atoms with Crippen molar-refractivity contribution in [3.8, 4) is 0 Å². The molecule has 0 spiro atoms. The molecular formula is C17H36N4. The molecule has 2 heterocycles. The number of nitrogens with two attached hydrogens (primary N) is 1. The highest BCUT2D eigenvalue weighted by molar-refractivity contribution is 4.94. The van der Waals surface area contributed by atoms with Gasteiger partial charge in [0.05, 0.1) is 0 Å². The van der Waals surface area contributed by atoms with E-state index in [0.717, 1.165) is 12.5 Å². The Hall–Kier alpha value is -0.160. The third-order valence-electron chi connectivity index (χ3n) is 6.02. The van der Waals surface area contributed by atoms with Gasteiger partial charge in [-0.25, -0.2) is 0 Å². The summed E-state index contributed by atoms with van der Waals surface area (Å²) in [5.74, 6) is 0.861. The third-order valence-corrected chi connectivity index (χ3v) is 6.02. The lowest BCUT2D eigenvalue weighted by Crippen LogP contribution is -2.54. The fourth-order valence-corrected chi connectivity index (χ4v) is 4.12. The van der Waals surface area contributed by atoms with Gasteiger partial charge in [0, 0.05) is 18.6 Å². The molecule has 4 heteroatoms. The maximum atomic E-state index is 6.25. The van der Waals surface area contributed by atoms with Crippen molar-refractivity contribution in [1.29, 1.82) is 0 Å². The molecule has 0 bridgehead atoms. The first-order valence-electron chi connectivity index (χ1n) is 8.92. The second-order valence-electron chi connectivity index (χ2n) is 7.34. The molecule has 2 rings (SSSR count). The quantitative estimate of drug-likeness (QED) is 0.833. The van der Waals surface area contributed by atoms with Gasteiger partial charge in [0.15, 0.2) is 0 Å². The second-order valence-corrected chi connectivity index (χ2v) is 7.34. The van der Waals surface area contributed by atoms with Crippen LogP contribution in [-0.2, 0) is 0 Å². The van der Waals surface area contributed by atoms with E-state index in [1.807, 2.05) is 0 Å². The van der Waals surface area contributed by atoms with E-state index in [0.29, 0.717) is 0 Å². The number of hydrogen-bond donors (Lipinski definition) is 1. The Morgan fingerprint density at radius 2 is 1.86 bits per heavy atom. The Morgan fingerprint density at radius 3 is 2.48 bits per heavy atom. The van der Waals surface area contributed by atoms with Crippen LogP contribution < -0.4 is 5.73 Å². The average molecular weight is 297 g/mol. The standard InChI is InChI=1S/C17H36N4/c1-4-21-10-5-8-17(15-18,9-13-21)20(3)14-16-6-11-19(2)12-7-16/h16H,4-15,18H2,1-3H3. The molecule has 0 saturated carbocycles. The van der Waals surface area contributed by atoms with Gasteiger partial charge in [-0.2, -0.15) is 0 Å². The zero-order chi connectivity index (χ0) is 15.3. The Bertz CT molecular complexity index is 301. The minimum Gasteiger partial charge on any atom is -0.329 e. The third kappa shape index (κ3) is 4.41. The molecule has 2 fully saturated rings. The van der Waals surface area contributed by atoms with Crippen LogP contribution in [0.5, 0.6) is 0 Å². The van der Waals surface area contributed by atoms with Crippen LogP contribution in [0.2, 0.25) is 0 Å². The zero-order valence-corrected chi connectivity index (χ0v) is 14.5. The molecule has 0 aromatic heterocycles. The van der Waals surface area contributed by atoms with Gasteiger partial charge in [-0.3, -0.25) is 4.90 Å². The van der Waals surface area contributed by atoms with E-state index >= 15 is 0 Å². The first kappa shape index (κ1) is 17.2. The van der Waals surface area contributed by atoms with E-state index in [2.05, 4.69) is 35.7 Å². The predicted octanol–water partition coefficient (Wildman–Crippen LogP) is 1.46. The SMILES string of the molecule is CCN1CCCC(CN)(N(C)CC2CCN(C)CC2)CC1. The molecule has 124 valence electrons. The topological polar surface area (TPSA) is 35.7 Å². The largest absolute Gasteiger partial charge is 0.329 e. The number of nitrogens with zero attached hydrogens (tertiary/aromatic N) is 3. The van der Waals surface area contributed by atoms with Gasteiger partial charge < -0.3 is 15.5 Å². The van der Waals surface area contributed by atoms with Crippen LogP contribution in [0.4, 0.5) is 0 Å². The van der Waals surface area contributed by atoms with E-state index in [4.69, 9.17) is 5.73 Å². The molecule has 4 nitrogen and oxygen atoms in total. The Labute approximate surface area is 131 Å². The maximum absolute atomic E-state index is 6.25. The van der Waals surface area contributed by atoms with E-state index < -0.39 is 0 Å². The highest BCUT2D eigenvalue weighted by atomic mass is 15.2. The van der Waals surface area contributed by atoms with Gasteiger partial charge >= 0.3 is 0 Å². The zero-order valence-electron chi connectivity index (χ0n) is 14.5. The van der Waals surface area contributed by atoms with Crippen molar-refractivity contribution in [2.24, 2.45) is 11.7 Å². The van der Waals surface area contributed by atoms with Crippen molar-refractivity contribution in [1.82, 2.24) is 14.7 Å². The summed E-state index contributed by atoms with van der Waals surface area (Å²) in [6.45, 7) is 10.5. The van der Waals surface area contributed by atoms with Gasteiger partial charge in [0.2, 0.25) is 0 Å². The summed E-state index contributed by atoms with van der Waals surface area (Å²) >= 11 is 0. The van der Waals surface area contributed by atoms with Crippen LogP contribution >= 0.6 is 0 Å². The molecule has 21 heavy (non-hydrogen) atoms. The van der Waals surface area contributed by atoms with Crippen molar-refractivity contribution in [2.45, 2.75) is 44.6 Å². The molecule has 2 aliphatic rings.